The second kappa shape index (κ2) is 5.16. The summed E-state index contributed by atoms with van der Waals surface area (Å²) in [5, 5.41) is 0. The quantitative estimate of drug-likeness (QED) is 0.639. The van der Waals surface area contributed by atoms with Crippen molar-refractivity contribution in [3.63, 3.8) is 0 Å². The lowest BCUT2D eigenvalue weighted by atomic mass is 9.91. The minimum atomic E-state index is -0.0323. The predicted molar refractivity (Wildman–Crippen MR) is 63.6 cm³/mol. The molecule has 1 atom stereocenters. The third-order valence-electron chi connectivity index (χ3n) is 2.20. The van der Waals surface area contributed by atoms with Crippen LogP contribution in [0.4, 0.5) is 0 Å². The SMILES string of the molecule is CCCC(C)CC(C)(C)OC(C)(C)C. The molecule has 0 radical (unpaired) electrons. The largest absolute Gasteiger partial charge is 0.370 e. The van der Waals surface area contributed by atoms with E-state index >= 15 is 0 Å². The van der Waals surface area contributed by atoms with Crippen LogP contribution in [0.25, 0.3) is 0 Å². The Morgan fingerprint density at radius 1 is 1.07 bits per heavy atom. The van der Waals surface area contributed by atoms with Crippen LogP contribution in [-0.2, 0) is 4.74 Å². The second-order valence-electron chi connectivity index (χ2n) is 6.07. The van der Waals surface area contributed by atoms with E-state index in [1.165, 1.54) is 12.8 Å². The highest BCUT2D eigenvalue weighted by molar-refractivity contribution is 4.76. The molecule has 0 amide bonds. The van der Waals surface area contributed by atoms with Gasteiger partial charge in [-0.05, 0) is 47.0 Å². The maximum Gasteiger partial charge on any atom is 0.0636 e. The summed E-state index contributed by atoms with van der Waals surface area (Å²) in [7, 11) is 0. The lowest BCUT2D eigenvalue weighted by molar-refractivity contribution is -0.121. The Balaban J connectivity index is 4.06. The van der Waals surface area contributed by atoms with Crippen molar-refractivity contribution in [2.24, 2.45) is 5.92 Å². The van der Waals surface area contributed by atoms with Gasteiger partial charge >= 0.3 is 0 Å². The Bertz CT molecular complexity index is 153. The van der Waals surface area contributed by atoms with Gasteiger partial charge < -0.3 is 4.74 Å². The molecular weight excluding hydrogens is 172 g/mol. The van der Waals surface area contributed by atoms with E-state index < -0.39 is 0 Å². The fraction of sp³-hybridized carbons (Fsp3) is 1.00. The first-order valence-corrected chi connectivity index (χ1v) is 5.86. The molecule has 0 aliphatic rings. The third kappa shape index (κ3) is 7.37. The average Bonchev–Trinajstić information content (AvgIpc) is 1.78. The van der Waals surface area contributed by atoms with Crippen molar-refractivity contribution in [3.8, 4) is 0 Å². The summed E-state index contributed by atoms with van der Waals surface area (Å²) >= 11 is 0. The molecule has 86 valence electrons. The van der Waals surface area contributed by atoms with Gasteiger partial charge in [0.2, 0.25) is 0 Å². The molecule has 0 spiro atoms. The zero-order valence-electron chi connectivity index (χ0n) is 11.1. The molecule has 1 unspecified atom stereocenters. The number of rotatable bonds is 5. The summed E-state index contributed by atoms with van der Waals surface area (Å²) in [6.07, 6.45) is 3.72. The van der Waals surface area contributed by atoms with E-state index in [-0.39, 0.29) is 11.2 Å². The molecule has 0 heterocycles. The standard InChI is InChI=1S/C13H28O/c1-8-9-11(2)10-13(6,7)14-12(3,4)5/h11H,8-10H2,1-7H3. The lowest BCUT2D eigenvalue weighted by Crippen LogP contribution is -2.36. The zero-order chi connectivity index (χ0) is 11.4. The first kappa shape index (κ1) is 14.0. The van der Waals surface area contributed by atoms with Gasteiger partial charge in [-0.3, -0.25) is 0 Å². The van der Waals surface area contributed by atoms with Crippen LogP contribution < -0.4 is 0 Å². The molecule has 1 nitrogen and oxygen atoms in total. The number of ether oxygens (including phenoxy) is 1. The van der Waals surface area contributed by atoms with Crippen LogP contribution >= 0.6 is 0 Å². The fourth-order valence-electron chi connectivity index (χ4n) is 2.30. The topological polar surface area (TPSA) is 9.23 Å². The summed E-state index contributed by atoms with van der Waals surface area (Å²) in [5.74, 6) is 0.761. The van der Waals surface area contributed by atoms with Crippen LogP contribution in [0.3, 0.4) is 0 Å². The summed E-state index contributed by atoms with van der Waals surface area (Å²) in [4.78, 5) is 0. The van der Waals surface area contributed by atoms with Crippen molar-refractivity contribution in [1.29, 1.82) is 0 Å². The van der Waals surface area contributed by atoms with Gasteiger partial charge in [-0.25, -0.2) is 0 Å². The van der Waals surface area contributed by atoms with Crippen LogP contribution in [0.5, 0.6) is 0 Å². The van der Waals surface area contributed by atoms with E-state index in [1.54, 1.807) is 0 Å². The van der Waals surface area contributed by atoms with Gasteiger partial charge in [-0.1, -0.05) is 26.7 Å². The first-order chi connectivity index (χ1) is 6.16. The Labute approximate surface area is 90.2 Å². The molecule has 0 N–H and O–H groups in total. The highest BCUT2D eigenvalue weighted by atomic mass is 16.5. The number of hydrogen-bond acceptors (Lipinski definition) is 1. The molecule has 0 fully saturated rings. The average molecular weight is 200 g/mol. The molecular formula is C13H28O. The summed E-state index contributed by atoms with van der Waals surface area (Å²) in [5.41, 5.74) is -0.0255. The van der Waals surface area contributed by atoms with Crippen molar-refractivity contribution >= 4 is 0 Å². The van der Waals surface area contributed by atoms with Crippen molar-refractivity contribution in [1.82, 2.24) is 0 Å². The minimum Gasteiger partial charge on any atom is -0.370 e. The van der Waals surface area contributed by atoms with E-state index in [2.05, 4.69) is 48.5 Å². The van der Waals surface area contributed by atoms with E-state index in [1.807, 2.05) is 0 Å². The summed E-state index contributed by atoms with van der Waals surface area (Å²) < 4.78 is 6.04. The van der Waals surface area contributed by atoms with Gasteiger partial charge in [0.15, 0.2) is 0 Å². The Hall–Kier alpha value is -0.0400. The second-order valence-corrected chi connectivity index (χ2v) is 6.07. The molecule has 0 aliphatic carbocycles. The predicted octanol–water partition coefficient (Wildman–Crippen LogP) is 4.41. The maximum absolute atomic E-state index is 6.04. The zero-order valence-corrected chi connectivity index (χ0v) is 11.1. The number of hydrogen-bond donors (Lipinski definition) is 0. The van der Waals surface area contributed by atoms with Gasteiger partial charge in [-0.2, -0.15) is 0 Å². The molecule has 0 saturated carbocycles. The van der Waals surface area contributed by atoms with Crippen LogP contribution in [0.1, 0.15) is 67.7 Å². The van der Waals surface area contributed by atoms with E-state index in [0.29, 0.717) is 0 Å². The molecule has 0 saturated heterocycles. The molecule has 0 aromatic heterocycles. The smallest absolute Gasteiger partial charge is 0.0636 e. The summed E-state index contributed by atoms with van der Waals surface area (Å²) in [6.45, 7) is 15.3. The molecule has 0 aromatic carbocycles. The van der Waals surface area contributed by atoms with Gasteiger partial charge in [0.25, 0.3) is 0 Å². The van der Waals surface area contributed by atoms with Crippen LogP contribution in [-0.4, -0.2) is 11.2 Å². The van der Waals surface area contributed by atoms with Gasteiger partial charge in [0.05, 0.1) is 11.2 Å². The molecule has 0 bridgehead atoms. The fourth-order valence-corrected chi connectivity index (χ4v) is 2.30. The van der Waals surface area contributed by atoms with Crippen LogP contribution in [0.15, 0.2) is 0 Å². The highest BCUT2D eigenvalue weighted by Crippen LogP contribution is 2.27. The highest BCUT2D eigenvalue weighted by Gasteiger charge is 2.27. The molecule has 0 aliphatic heterocycles. The van der Waals surface area contributed by atoms with Crippen molar-refractivity contribution in [3.05, 3.63) is 0 Å². The monoisotopic (exact) mass is 200 g/mol. The van der Waals surface area contributed by atoms with Gasteiger partial charge in [0.1, 0.15) is 0 Å². The lowest BCUT2D eigenvalue weighted by Gasteiger charge is -2.35. The summed E-state index contributed by atoms with van der Waals surface area (Å²) in [6, 6.07) is 0. The minimum absolute atomic E-state index is 0.00678. The Kier molecular flexibility index (Phi) is 5.14. The molecule has 14 heavy (non-hydrogen) atoms. The van der Waals surface area contributed by atoms with Crippen LogP contribution in [0, 0.1) is 5.92 Å². The Morgan fingerprint density at radius 2 is 1.57 bits per heavy atom. The van der Waals surface area contributed by atoms with Crippen molar-refractivity contribution in [2.45, 2.75) is 78.9 Å². The van der Waals surface area contributed by atoms with Gasteiger partial charge in [-0.15, -0.1) is 0 Å². The maximum atomic E-state index is 6.04. The third-order valence-corrected chi connectivity index (χ3v) is 2.20. The molecule has 0 aromatic rings. The molecule has 0 rings (SSSR count). The van der Waals surface area contributed by atoms with Crippen molar-refractivity contribution in [2.75, 3.05) is 0 Å². The molecule has 1 heteroatoms. The van der Waals surface area contributed by atoms with Crippen molar-refractivity contribution < 1.29 is 4.74 Å². The Morgan fingerprint density at radius 3 is 1.93 bits per heavy atom. The van der Waals surface area contributed by atoms with E-state index in [4.69, 9.17) is 4.74 Å². The normalized spacial score (nSPS) is 15.6. The van der Waals surface area contributed by atoms with E-state index in [0.717, 1.165) is 12.3 Å². The van der Waals surface area contributed by atoms with E-state index in [9.17, 15) is 0 Å². The first-order valence-electron chi connectivity index (χ1n) is 5.86. The van der Waals surface area contributed by atoms with Crippen LogP contribution in [0.2, 0.25) is 0 Å². The van der Waals surface area contributed by atoms with Gasteiger partial charge in [0, 0.05) is 0 Å².